The van der Waals surface area contributed by atoms with Crippen LogP contribution in [0.25, 0.3) is 10.9 Å². The summed E-state index contributed by atoms with van der Waals surface area (Å²) in [4.78, 5) is 3.38. The lowest BCUT2D eigenvalue weighted by atomic mass is 9.91. The van der Waals surface area contributed by atoms with Crippen LogP contribution in [0.3, 0.4) is 0 Å². The van der Waals surface area contributed by atoms with Crippen LogP contribution in [0.2, 0.25) is 0 Å². The van der Waals surface area contributed by atoms with Crippen LogP contribution in [0.1, 0.15) is 17.7 Å². The predicted molar refractivity (Wildman–Crippen MR) is 94.5 cm³/mol. The minimum Gasteiger partial charge on any atom is -0.358 e. The number of halogens is 1. The molecule has 1 aromatic heterocycles. The molecule has 0 fully saturated rings. The molecule has 2 aromatic carbocycles. The summed E-state index contributed by atoms with van der Waals surface area (Å²) in [6.45, 7) is 0. The Bertz CT molecular complexity index is 1030. The van der Waals surface area contributed by atoms with E-state index in [1.54, 1.807) is 0 Å². The Morgan fingerprint density at radius 1 is 1.12 bits per heavy atom. The maximum Gasteiger partial charge on any atom is 0.360 e. The van der Waals surface area contributed by atoms with E-state index in [4.69, 9.17) is 0 Å². The van der Waals surface area contributed by atoms with Gasteiger partial charge in [0.2, 0.25) is 0 Å². The third-order valence-electron chi connectivity index (χ3n) is 4.73. The standard InChI is InChI=1S/C18H17FN2O3S/c19-12-5-7-13(8-6-12)21(25(22,23)24)14-9-10-18-16(11-14)15-3-1-2-4-17(15)20-18/h1-8,14,20H,9-11H2,(H,22,23,24). The minimum absolute atomic E-state index is 0.261. The zero-order valence-corrected chi connectivity index (χ0v) is 14.1. The molecule has 2 N–H and O–H groups in total. The summed E-state index contributed by atoms with van der Waals surface area (Å²) < 4.78 is 48.0. The fourth-order valence-electron chi connectivity index (χ4n) is 3.67. The molecule has 1 heterocycles. The van der Waals surface area contributed by atoms with Crippen LogP contribution in [0.15, 0.2) is 48.5 Å². The van der Waals surface area contributed by atoms with Crippen LogP contribution in [0.4, 0.5) is 10.1 Å². The molecule has 1 aliphatic carbocycles. The molecule has 0 saturated carbocycles. The topological polar surface area (TPSA) is 73.4 Å². The molecule has 3 aromatic rings. The third kappa shape index (κ3) is 2.89. The van der Waals surface area contributed by atoms with Gasteiger partial charge in [-0.3, -0.25) is 4.55 Å². The van der Waals surface area contributed by atoms with E-state index in [0.717, 1.165) is 26.5 Å². The summed E-state index contributed by atoms with van der Waals surface area (Å²) in [5.74, 6) is -0.457. The zero-order chi connectivity index (χ0) is 17.6. The lowest BCUT2D eigenvalue weighted by Gasteiger charge is -2.33. The van der Waals surface area contributed by atoms with Gasteiger partial charge in [0.1, 0.15) is 5.82 Å². The molecule has 0 spiro atoms. The van der Waals surface area contributed by atoms with Crippen molar-refractivity contribution in [2.75, 3.05) is 4.31 Å². The summed E-state index contributed by atoms with van der Waals surface area (Å²) in [5.41, 5.74) is 3.46. The normalized spacial score (nSPS) is 17.4. The molecule has 0 aliphatic heterocycles. The van der Waals surface area contributed by atoms with Gasteiger partial charge in [0.05, 0.1) is 11.7 Å². The molecular formula is C18H17FN2O3S. The summed E-state index contributed by atoms with van der Waals surface area (Å²) in [7, 11) is -4.47. The van der Waals surface area contributed by atoms with Gasteiger partial charge in [-0.05, 0) is 55.2 Å². The first kappa shape index (κ1) is 16.1. The maximum atomic E-state index is 13.2. The number of anilines is 1. The second-order valence-corrected chi connectivity index (χ2v) is 7.56. The first-order valence-corrected chi connectivity index (χ1v) is 9.44. The zero-order valence-electron chi connectivity index (χ0n) is 13.3. The number of hydrogen-bond donors (Lipinski definition) is 2. The Morgan fingerprint density at radius 2 is 1.84 bits per heavy atom. The van der Waals surface area contributed by atoms with E-state index >= 15 is 0 Å². The number of rotatable bonds is 3. The lowest BCUT2D eigenvalue weighted by Crippen LogP contribution is -2.43. The highest BCUT2D eigenvalue weighted by Gasteiger charge is 2.33. The molecule has 0 bridgehead atoms. The molecule has 130 valence electrons. The van der Waals surface area contributed by atoms with Gasteiger partial charge < -0.3 is 4.98 Å². The number of nitrogens with one attached hydrogen (secondary N) is 1. The van der Waals surface area contributed by atoms with Crippen LogP contribution >= 0.6 is 0 Å². The van der Waals surface area contributed by atoms with Gasteiger partial charge >= 0.3 is 10.3 Å². The molecule has 0 saturated heterocycles. The Labute approximate surface area is 145 Å². The molecule has 7 heteroatoms. The fourth-order valence-corrected chi connectivity index (χ4v) is 4.62. The van der Waals surface area contributed by atoms with Crippen molar-refractivity contribution in [2.24, 2.45) is 0 Å². The highest BCUT2D eigenvalue weighted by Crippen LogP contribution is 2.33. The highest BCUT2D eigenvalue weighted by atomic mass is 32.2. The fraction of sp³-hybridized carbons (Fsp3) is 0.222. The summed E-state index contributed by atoms with van der Waals surface area (Å²) in [5, 5.41) is 1.07. The van der Waals surface area contributed by atoms with E-state index in [2.05, 4.69) is 4.98 Å². The number of aromatic nitrogens is 1. The monoisotopic (exact) mass is 360 g/mol. The van der Waals surface area contributed by atoms with E-state index < -0.39 is 22.2 Å². The third-order valence-corrected chi connectivity index (χ3v) is 5.74. The lowest BCUT2D eigenvalue weighted by molar-refractivity contribution is 0.458. The van der Waals surface area contributed by atoms with Gasteiger partial charge in [0, 0.05) is 16.6 Å². The number of benzene rings is 2. The minimum atomic E-state index is -4.47. The Kier molecular flexibility index (Phi) is 3.77. The van der Waals surface area contributed by atoms with Crippen molar-refractivity contribution in [1.82, 2.24) is 4.98 Å². The Balaban J connectivity index is 1.75. The van der Waals surface area contributed by atoms with Gasteiger partial charge in [-0.1, -0.05) is 18.2 Å². The first-order valence-electron chi connectivity index (χ1n) is 8.04. The Morgan fingerprint density at radius 3 is 2.56 bits per heavy atom. The van der Waals surface area contributed by atoms with Crippen LogP contribution in [-0.4, -0.2) is 24.0 Å². The second kappa shape index (κ2) is 5.86. The Hall–Kier alpha value is -2.38. The number of aromatic amines is 1. The van der Waals surface area contributed by atoms with Crippen LogP contribution < -0.4 is 4.31 Å². The largest absolute Gasteiger partial charge is 0.360 e. The molecule has 0 radical (unpaired) electrons. The van der Waals surface area contributed by atoms with Gasteiger partial charge in [-0.2, -0.15) is 8.42 Å². The molecule has 0 amide bonds. The second-order valence-electron chi connectivity index (χ2n) is 6.27. The summed E-state index contributed by atoms with van der Waals surface area (Å²) >= 11 is 0. The number of hydrogen-bond acceptors (Lipinski definition) is 2. The van der Waals surface area contributed by atoms with Crippen molar-refractivity contribution in [3.05, 3.63) is 65.6 Å². The van der Waals surface area contributed by atoms with Crippen LogP contribution in [0.5, 0.6) is 0 Å². The van der Waals surface area contributed by atoms with E-state index in [-0.39, 0.29) is 5.69 Å². The summed E-state index contributed by atoms with van der Waals surface area (Å²) in [6, 6.07) is 12.6. The number of H-pyrrole nitrogens is 1. The molecule has 1 atom stereocenters. The smallest absolute Gasteiger partial charge is 0.358 e. The van der Waals surface area contributed by atoms with Crippen molar-refractivity contribution in [2.45, 2.75) is 25.3 Å². The number of fused-ring (bicyclic) bond motifs is 3. The van der Waals surface area contributed by atoms with Crippen molar-refractivity contribution >= 4 is 26.9 Å². The van der Waals surface area contributed by atoms with Gasteiger partial charge in [0.25, 0.3) is 0 Å². The number of aryl methyl sites for hydroxylation is 1. The highest BCUT2D eigenvalue weighted by molar-refractivity contribution is 7.87. The van der Waals surface area contributed by atoms with Crippen LogP contribution in [-0.2, 0) is 23.1 Å². The molecule has 25 heavy (non-hydrogen) atoms. The van der Waals surface area contributed by atoms with E-state index in [1.807, 2.05) is 24.3 Å². The predicted octanol–water partition coefficient (Wildman–Crippen LogP) is 3.47. The average molecular weight is 360 g/mol. The molecule has 1 unspecified atom stereocenters. The van der Waals surface area contributed by atoms with Crippen LogP contribution in [0, 0.1) is 5.82 Å². The quantitative estimate of drug-likeness (QED) is 0.703. The van der Waals surface area contributed by atoms with Gasteiger partial charge in [0.15, 0.2) is 0 Å². The SMILES string of the molecule is O=S(=O)(O)N(c1ccc(F)cc1)C1CCc2[nH]c3ccccc3c2C1. The van der Waals surface area contributed by atoms with Crippen molar-refractivity contribution < 1.29 is 17.4 Å². The van der Waals surface area contributed by atoms with Gasteiger partial charge in [-0.25, -0.2) is 8.70 Å². The van der Waals surface area contributed by atoms with Crippen molar-refractivity contribution in [3.63, 3.8) is 0 Å². The number of nitrogens with zero attached hydrogens (tertiary/aromatic N) is 1. The molecule has 4 rings (SSSR count). The van der Waals surface area contributed by atoms with Gasteiger partial charge in [-0.15, -0.1) is 0 Å². The summed E-state index contributed by atoms with van der Waals surface area (Å²) in [6.07, 6.45) is 1.73. The average Bonchev–Trinajstić information content (AvgIpc) is 2.94. The van der Waals surface area contributed by atoms with E-state index in [1.165, 1.54) is 24.3 Å². The molecule has 5 nitrogen and oxygen atoms in total. The molecular weight excluding hydrogens is 343 g/mol. The van der Waals surface area contributed by atoms with E-state index in [9.17, 15) is 17.4 Å². The maximum absolute atomic E-state index is 13.2. The van der Waals surface area contributed by atoms with E-state index in [0.29, 0.717) is 19.3 Å². The van der Waals surface area contributed by atoms with Crippen molar-refractivity contribution in [1.29, 1.82) is 0 Å². The number of para-hydroxylation sites is 1. The van der Waals surface area contributed by atoms with Crippen molar-refractivity contribution in [3.8, 4) is 0 Å². The first-order chi connectivity index (χ1) is 11.9. The molecule has 1 aliphatic rings.